The van der Waals surface area contributed by atoms with Crippen LogP contribution in [0.2, 0.25) is 0 Å². The number of rotatable bonds is 4. The summed E-state index contributed by atoms with van der Waals surface area (Å²) in [4.78, 5) is 12.3. The summed E-state index contributed by atoms with van der Waals surface area (Å²) in [5, 5.41) is 4.58. The Hall–Kier alpha value is -1.99. The van der Waals surface area contributed by atoms with Crippen LogP contribution in [0.1, 0.15) is 18.4 Å². The summed E-state index contributed by atoms with van der Waals surface area (Å²) in [6, 6.07) is 11.4. The van der Waals surface area contributed by atoms with Gasteiger partial charge in [-0.3, -0.25) is 4.79 Å². The van der Waals surface area contributed by atoms with Gasteiger partial charge in [0.15, 0.2) is 0 Å². The van der Waals surface area contributed by atoms with Crippen LogP contribution < -0.4 is 5.56 Å². The van der Waals surface area contributed by atoms with Crippen molar-refractivity contribution in [3.05, 3.63) is 52.3 Å². The van der Waals surface area contributed by atoms with Gasteiger partial charge >= 0.3 is 0 Å². The molecule has 0 radical (unpaired) electrons. The lowest BCUT2D eigenvalue weighted by Crippen LogP contribution is -2.39. The molecule has 2 heterocycles. The van der Waals surface area contributed by atoms with Crippen molar-refractivity contribution in [1.29, 1.82) is 0 Å². The maximum Gasteiger partial charge on any atom is 0.267 e. The van der Waals surface area contributed by atoms with Gasteiger partial charge in [0.25, 0.3) is 5.56 Å². The highest BCUT2D eigenvalue weighted by atomic mass is 32.2. The molecule has 1 fully saturated rings. The van der Waals surface area contributed by atoms with Gasteiger partial charge in [-0.25, -0.2) is 17.4 Å². The van der Waals surface area contributed by atoms with Gasteiger partial charge in [-0.15, -0.1) is 0 Å². The molecule has 0 unspecified atom stereocenters. The number of hydrogen-bond donors (Lipinski definition) is 0. The van der Waals surface area contributed by atoms with E-state index in [9.17, 15) is 13.2 Å². The number of sulfonamides is 1. The van der Waals surface area contributed by atoms with Crippen LogP contribution >= 0.6 is 0 Å². The molecule has 7 heteroatoms. The fourth-order valence-corrected chi connectivity index (χ4v) is 4.13. The monoisotopic (exact) mass is 361 g/mol. The van der Waals surface area contributed by atoms with Crippen molar-refractivity contribution < 1.29 is 8.42 Å². The van der Waals surface area contributed by atoms with E-state index in [-0.39, 0.29) is 11.5 Å². The van der Waals surface area contributed by atoms with E-state index in [0.717, 1.165) is 29.7 Å². The molecule has 3 rings (SSSR count). The molecule has 0 bridgehead atoms. The third kappa shape index (κ3) is 4.16. The molecular weight excluding hydrogens is 338 g/mol. The van der Waals surface area contributed by atoms with Crippen LogP contribution in [0.25, 0.3) is 11.3 Å². The van der Waals surface area contributed by atoms with Gasteiger partial charge in [-0.1, -0.05) is 30.3 Å². The summed E-state index contributed by atoms with van der Waals surface area (Å²) in [5.41, 5.74) is 2.55. The van der Waals surface area contributed by atoms with Gasteiger partial charge in [0, 0.05) is 31.3 Å². The second-order valence-corrected chi connectivity index (χ2v) is 8.65. The molecule has 0 saturated carbocycles. The van der Waals surface area contributed by atoms with Crippen LogP contribution in [-0.4, -0.2) is 41.8 Å². The van der Waals surface area contributed by atoms with E-state index in [1.54, 1.807) is 6.07 Å². The zero-order chi connectivity index (χ0) is 18.0. The fourth-order valence-electron chi connectivity index (χ4n) is 3.26. The van der Waals surface area contributed by atoms with Gasteiger partial charge in [0.1, 0.15) is 0 Å². The molecule has 0 spiro atoms. The van der Waals surface area contributed by atoms with Crippen molar-refractivity contribution in [3.63, 3.8) is 0 Å². The van der Waals surface area contributed by atoms with Crippen LogP contribution in [0.15, 0.2) is 41.2 Å². The fraction of sp³-hybridized carbons (Fsp3) is 0.444. The Balaban J connectivity index is 1.79. The minimum absolute atomic E-state index is 0.109. The van der Waals surface area contributed by atoms with E-state index >= 15 is 0 Å². The molecule has 1 aromatic heterocycles. The normalized spacial score (nSPS) is 16.9. The minimum atomic E-state index is -3.13. The molecule has 0 atom stereocenters. The quantitative estimate of drug-likeness (QED) is 0.834. The maximum atomic E-state index is 12.3. The minimum Gasteiger partial charge on any atom is -0.268 e. The first-order valence-corrected chi connectivity index (χ1v) is 10.3. The molecule has 134 valence electrons. The standard InChI is InChI=1S/C18H23N3O3S/c1-14-12-17(22)21(19-18(14)16-6-4-3-5-7-16)13-15-8-10-20(11-9-15)25(2,23)24/h3-7,12,15H,8-11,13H2,1-2H3. The first-order valence-electron chi connectivity index (χ1n) is 8.44. The van der Waals surface area contributed by atoms with Gasteiger partial charge in [0.05, 0.1) is 11.9 Å². The first kappa shape index (κ1) is 17.8. The number of hydrogen-bond acceptors (Lipinski definition) is 4. The van der Waals surface area contributed by atoms with Crippen LogP contribution in [0.4, 0.5) is 0 Å². The third-order valence-electron chi connectivity index (χ3n) is 4.71. The van der Waals surface area contributed by atoms with Gasteiger partial charge in [0.2, 0.25) is 10.0 Å². The molecule has 6 nitrogen and oxygen atoms in total. The second-order valence-electron chi connectivity index (χ2n) is 6.67. The van der Waals surface area contributed by atoms with Crippen LogP contribution in [-0.2, 0) is 16.6 Å². The molecule has 25 heavy (non-hydrogen) atoms. The molecule has 0 N–H and O–H groups in total. The summed E-state index contributed by atoms with van der Waals surface area (Å²) in [6.07, 6.45) is 2.73. The van der Waals surface area contributed by atoms with E-state index in [0.29, 0.717) is 19.6 Å². The molecule has 1 saturated heterocycles. The summed E-state index contributed by atoms with van der Waals surface area (Å²) < 4.78 is 26.2. The predicted octanol–water partition coefficient (Wildman–Crippen LogP) is 1.89. The average molecular weight is 361 g/mol. The van der Waals surface area contributed by atoms with E-state index < -0.39 is 10.0 Å². The molecule has 0 aliphatic carbocycles. The lowest BCUT2D eigenvalue weighted by atomic mass is 9.98. The van der Waals surface area contributed by atoms with Crippen LogP contribution in [0, 0.1) is 12.8 Å². The zero-order valence-corrected chi connectivity index (χ0v) is 15.4. The highest BCUT2D eigenvalue weighted by Gasteiger charge is 2.25. The highest BCUT2D eigenvalue weighted by molar-refractivity contribution is 7.88. The summed E-state index contributed by atoms with van der Waals surface area (Å²) in [7, 11) is -3.13. The Kier molecular flexibility index (Phi) is 5.06. The number of aryl methyl sites for hydroxylation is 1. The smallest absolute Gasteiger partial charge is 0.267 e. The Morgan fingerprint density at radius 3 is 2.40 bits per heavy atom. The van der Waals surface area contributed by atoms with Crippen molar-refractivity contribution in [3.8, 4) is 11.3 Å². The number of benzene rings is 1. The Labute approximate surface area is 148 Å². The summed E-state index contributed by atoms with van der Waals surface area (Å²) in [6.45, 7) is 3.44. The SMILES string of the molecule is Cc1cc(=O)n(CC2CCN(S(C)(=O)=O)CC2)nc1-c1ccccc1. The van der Waals surface area contributed by atoms with Gasteiger partial charge in [-0.2, -0.15) is 5.10 Å². The molecular formula is C18H23N3O3S. The van der Waals surface area contributed by atoms with Crippen molar-refractivity contribution in [1.82, 2.24) is 14.1 Å². The highest BCUT2D eigenvalue weighted by Crippen LogP contribution is 2.22. The first-order chi connectivity index (χ1) is 11.8. The Morgan fingerprint density at radius 2 is 1.80 bits per heavy atom. The van der Waals surface area contributed by atoms with E-state index in [4.69, 9.17) is 0 Å². The van der Waals surface area contributed by atoms with Crippen LogP contribution in [0.5, 0.6) is 0 Å². The van der Waals surface area contributed by atoms with E-state index in [1.807, 2.05) is 37.3 Å². The number of aromatic nitrogens is 2. The topological polar surface area (TPSA) is 72.3 Å². The number of piperidine rings is 1. The summed E-state index contributed by atoms with van der Waals surface area (Å²) in [5.74, 6) is 0.259. The Bertz CT molecular complexity index is 899. The van der Waals surface area contributed by atoms with E-state index in [2.05, 4.69) is 5.10 Å². The van der Waals surface area contributed by atoms with Gasteiger partial charge < -0.3 is 0 Å². The second kappa shape index (κ2) is 7.09. The van der Waals surface area contributed by atoms with Crippen molar-refractivity contribution in [2.24, 2.45) is 5.92 Å². The Morgan fingerprint density at radius 1 is 1.16 bits per heavy atom. The van der Waals surface area contributed by atoms with Crippen LogP contribution in [0.3, 0.4) is 0 Å². The lowest BCUT2D eigenvalue weighted by Gasteiger charge is -2.30. The molecule has 2 aromatic rings. The largest absolute Gasteiger partial charge is 0.268 e. The predicted molar refractivity (Wildman–Crippen MR) is 97.8 cm³/mol. The third-order valence-corrected chi connectivity index (χ3v) is 6.01. The lowest BCUT2D eigenvalue weighted by molar-refractivity contribution is 0.245. The molecule has 1 aliphatic rings. The van der Waals surface area contributed by atoms with Gasteiger partial charge in [-0.05, 0) is 31.2 Å². The summed E-state index contributed by atoms with van der Waals surface area (Å²) >= 11 is 0. The van der Waals surface area contributed by atoms with E-state index in [1.165, 1.54) is 15.2 Å². The molecule has 1 aliphatic heterocycles. The maximum absolute atomic E-state index is 12.3. The zero-order valence-electron chi connectivity index (χ0n) is 14.6. The van der Waals surface area contributed by atoms with Crippen molar-refractivity contribution in [2.75, 3.05) is 19.3 Å². The average Bonchev–Trinajstić information content (AvgIpc) is 2.58. The molecule has 0 amide bonds. The molecule has 1 aromatic carbocycles. The van der Waals surface area contributed by atoms with Crippen molar-refractivity contribution >= 4 is 10.0 Å². The number of nitrogens with zero attached hydrogens (tertiary/aromatic N) is 3. The van der Waals surface area contributed by atoms with Crippen molar-refractivity contribution in [2.45, 2.75) is 26.3 Å².